The van der Waals surface area contributed by atoms with E-state index in [4.69, 9.17) is 13.8 Å². The van der Waals surface area contributed by atoms with Crippen LogP contribution < -0.4 is 10.2 Å². The summed E-state index contributed by atoms with van der Waals surface area (Å²) in [6, 6.07) is -0.895. The predicted octanol–water partition coefficient (Wildman–Crippen LogP) is 21.2. The molecule has 9 nitrogen and oxygen atoms in total. The van der Waals surface area contributed by atoms with Gasteiger partial charge >= 0.3 is 5.97 Å². The van der Waals surface area contributed by atoms with Gasteiger partial charge in [0, 0.05) is 12.8 Å². The molecule has 0 aliphatic rings. The predicted molar refractivity (Wildman–Crippen MR) is 349 cm³/mol. The fourth-order valence-electron chi connectivity index (χ4n) is 10.1. The van der Waals surface area contributed by atoms with Crippen molar-refractivity contribution < 1.29 is 37.3 Å². The molecule has 0 heterocycles. The number of phosphoric acid groups is 1. The van der Waals surface area contributed by atoms with E-state index in [1.165, 1.54) is 212 Å². The number of nitrogens with one attached hydrogen (secondary N) is 1. The lowest BCUT2D eigenvalue weighted by molar-refractivity contribution is -0.870. The first-order valence-electron chi connectivity index (χ1n) is 34.6. The molecule has 0 bridgehead atoms. The second kappa shape index (κ2) is 60.8. The molecule has 0 saturated heterocycles. The van der Waals surface area contributed by atoms with E-state index in [2.05, 4.69) is 74.7 Å². The van der Waals surface area contributed by atoms with Gasteiger partial charge in [0.15, 0.2) is 0 Å². The van der Waals surface area contributed by atoms with Crippen LogP contribution in [0, 0.1) is 0 Å². The highest BCUT2D eigenvalue weighted by atomic mass is 31.2. The zero-order chi connectivity index (χ0) is 59.3. The van der Waals surface area contributed by atoms with Crippen molar-refractivity contribution in [2.75, 3.05) is 40.9 Å². The molecule has 3 atom stereocenters. The van der Waals surface area contributed by atoms with Gasteiger partial charge in [-0.25, -0.2) is 0 Å². The Balaban J connectivity index is 5.16. The third-order valence-electron chi connectivity index (χ3n) is 15.4. The molecule has 0 fully saturated rings. The van der Waals surface area contributed by atoms with Crippen LogP contribution in [0.4, 0.5) is 0 Å². The van der Waals surface area contributed by atoms with E-state index in [1.54, 1.807) is 0 Å². The lowest BCUT2D eigenvalue weighted by atomic mass is 10.0. The van der Waals surface area contributed by atoms with Gasteiger partial charge in [0.05, 0.1) is 33.8 Å². The molecule has 0 saturated carbocycles. The third-order valence-corrected chi connectivity index (χ3v) is 16.4. The summed E-state index contributed by atoms with van der Waals surface area (Å²) >= 11 is 0. The van der Waals surface area contributed by atoms with Gasteiger partial charge < -0.3 is 28.5 Å². The monoisotopic (exact) mass is 1160 g/mol. The normalized spacial score (nSPS) is 13.9. The van der Waals surface area contributed by atoms with Gasteiger partial charge in [0.1, 0.15) is 19.3 Å². The van der Waals surface area contributed by atoms with Crippen LogP contribution in [-0.2, 0) is 27.9 Å². The molecule has 0 rings (SSSR count). The molecule has 0 spiro atoms. The van der Waals surface area contributed by atoms with Crippen LogP contribution in [0.25, 0.3) is 0 Å². The largest absolute Gasteiger partial charge is 0.756 e. The van der Waals surface area contributed by atoms with Crippen molar-refractivity contribution in [3.8, 4) is 0 Å². The first-order chi connectivity index (χ1) is 39.4. The number of carbonyl (C=O) groups excluding carboxylic acids is 2. The maximum atomic E-state index is 13.6. The smallest absolute Gasteiger partial charge is 0.306 e. The van der Waals surface area contributed by atoms with E-state index >= 15 is 0 Å². The number of likely N-dealkylation sites (N-methyl/N-ethyl adjacent to an activating group) is 1. The number of phosphoric ester groups is 1. The Morgan fingerprint density at radius 1 is 0.432 bits per heavy atom. The summed E-state index contributed by atoms with van der Waals surface area (Å²) in [7, 11) is 1.18. The van der Waals surface area contributed by atoms with E-state index in [0.717, 1.165) is 83.5 Å². The van der Waals surface area contributed by atoms with Crippen LogP contribution in [0.3, 0.4) is 0 Å². The number of hydrogen-bond acceptors (Lipinski definition) is 7. The highest BCUT2D eigenvalue weighted by Crippen LogP contribution is 2.38. The molecule has 81 heavy (non-hydrogen) atoms. The molecular weight excluding hydrogens is 1020 g/mol. The van der Waals surface area contributed by atoms with Crippen molar-refractivity contribution in [3.63, 3.8) is 0 Å². The summed E-state index contributed by atoms with van der Waals surface area (Å²) in [6.07, 6.45) is 77.6. The number of hydrogen-bond donors (Lipinski definition) is 1. The summed E-state index contributed by atoms with van der Waals surface area (Å²) < 4.78 is 30.4. The number of amides is 1. The van der Waals surface area contributed by atoms with Crippen molar-refractivity contribution in [3.05, 3.63) is 60.8 Å². The van der Waals surface area contributed by atoms with Crippen LogP contribution >= 0.6 is 7.82 Å². The number of rotatable bonds is 63. The van der Waals surface area contributed by atoms with Crippen molar-refractivity contribution >= 4 is 19.7 Å². The molecular formula is C71H133N2O7P. The van der Waals surface area contributed by atoms with Crippen LogP contribution in [0.1, 0.15) is 329 Å². The molecule has 3 unspecified atom stereocenters. The SMILES string of the molecule is CCCCC/C=C\C/C=C\C/C=C\CCCCCCCCC(=O)OC(/C=C\CCCCCCCCCCCCC)C(COP(=O)([O-])OCC[N+](C)(C)C)NC(=O)CCCCCCCCCCCCCCC/C=C/CCCCCCCC. The molecule has 1 amide bonds. The molecule has 0 aliphatic carbocycles. The molecule has 0 radical (unpaired) electrons. The maximum absolute atomic E-state index is 13.6. The lowest BCUT2D eigenvalue weighted by Gasteiger charge is -2.30. The van der Waals surface area contributed by atoms with Crippen molar-refractivity contribution in [2.45, 2.75) is 341 Å². The van der Waals surface area contributed by atoms with Crippen LogP contribution in [-0.4, -0.2) is 69.4 Å². The highest BCUT2D eigenvalue weighted by molar-refractivity contribution is 7.45. The minimum absolute atomic E-state index is 0.0247. The Morgan fingerprint density at radius 3 is 1.16 bits per heavy atom. The van der Waals surface area contributed by atoms with Gasteiger partial charge in [-0.05, 0) is 96.0 Å². The Kier molecular flexibility index (Phi) is 59.1. The van der Waals surface area contributed by atoms with Crippen molar-refractivity contribution in [1.82, 2.24) is 5.32 Å². The number of esters is 1. The van der Waals surface area contributed by atoms with Crippen LogP contribution in [0.15, 0.2) is 60.8 Å². The molecule has 0 aromatic heterocycles. The first kappa shape index (κ1) is 78.7. The minimum atomic E-state index is -4.71. The maximum Gasteiger partial charge on any atom is 0.306 e. The number of allylic oxidation sites excluding steroid dienone is 9. The van der Waals surface area contributed by atoms with Gasteiger partial charge in [-0.3, -0.25) is 14.2 Å². The molecule has 1 N–H and O–H groups in total. The summed E-state index contributed by atoms with van der Waals surface area (Å²) in [6.45, 7) is 6.84. The van der Waals surface area contributed by atoms with E-state index in [0.29, 0.717) is 17.4 Å². The topological polar surface area (TPSA) is 114 Å². The summed E-state index contributed by atoms with van der Waals surface area (Å²) in [5.74, 6) is -0.545. The van der Waals surface area contributed by atoms with E-state index in [-0.39, 0.29) is 24.9 Å². The van der Waals surface area contributed by atoms with E-state index < -0.39 is 26.6 Å². The molecule has 0 aliphatic heterocycles. The van der Waals surface area contributed by atoms with Gasteiger partial charge in [-0.1, -0.05) is 281 Å². The Morgan fingerprint density at radius 2 is 0.753 bits per heavy atom. The fourth-order valence-corrected chi connectivity index (χ4v) is 10.8. The van der Waals surface area contributed by atoms with Crippen LogP contribution in [0.5, 0.6) is 0 Å². The van der Waals surface area contributed by atoms with Gasteiger partial charge in [0.25, 0.3) is 7.82 Å². The molecule has 0 aromatic carbocycles. The number of nitrogens with zero attached hydrogens (tertiary/aromatic N) is 1. The highest BCUT2D eigenvalue weighted by Gasteiger charge is 2.27. The van der Waals surface area contributed by atoms with Crippen molar-refractivity contribution in [2.24, 2.45) is 0 Å². The van der Waals surface area contributed by atoms with E-state index in [1.807, 2.05) is 33.3 Å². The summed E-state index contributed by atoms with van der Waals surface area (Å²) in [5.41, 5.74) is 0. The van der Waals surface area contributed by atoms with Crippen LogP contribution in [0.2, 0.25) is 0 Å². The van der Waals surface area contributed by atoms with Gasteiger partial charge in [-0.15, -0.1) is 0 Å². The number of unbranched alkanes of at least 4 members (excludes halogenated alkanes) is 39. The Hall–Kier alpha value is -2.29. The van der Waals surface area contributed by atoms with Gasteiger partial charge in [-0.2, -0.15) is 0 Å². The fraction of sp³-hybridized carbons (Fsp3) is 0.831. The standard InChI is InChI=1S/C71H133N2O7P/c1-7-10-13-16-19-22-25-28-30-32-34-35-36-37-39-40-42-45-48-51-54-57-60-63-70(74)72-68(67-79-81(76,77)78-66-65-73(4,5)6)69(62-59-56-53-50-47-44-27-24-21-18-15-12-9-3)80-71(75)64-61-58-55-52-49-46-43-41-38-33-31-29-26-23-20-17-14-11-8-2/h20,23,28-31,38,41,59,62,68-69H,7-19,21-22,24-27,32-37,39-40,42-58,60-61,63-67H2,1-6H3,(H-,72,74,76,77)/b23-20-,30-28+,31-29-,41-38-,62-59-. The third kappa shape index (κ3) is 62.1. The summed E-state index contributed by atoms with van der Waals surface area (Å²) in [5, 5.41) is 3.04. The average Bonchev–Trinajstić information content (AvgIpc) is 3.44. The Labute approximate surface area is 502 Å². The summed E-state index contributed by atoms with van der Waals surface area (Å²) in [4.78, 5) is 40.2. The van der Waals surface area contributed by atoms with Crippen molar-refractivity contribution in [1.29, 1.82) is 0 Å². The lowest BCUT2D eigenvalue weighted by Crippen LogP contribution is -2.47. The second-order valence-corrected chi connectivity index (χ2v) is 26.1. The molecule has 474 valence electrons. The second-order valence-electron chi connectivity index (χ2n) is 24.7. The number of carbonyl (C=O) groups is 2. The minimum Gasteiger partial charge on any atom is -0.756 e. The molecule has 10 heteroatoms. The zero-order valence-corrected chi connectivity index (χ0v) is 55.1. The van der Waals surface area contributed by atoms with E-state index in [9.17, 15) is 19.0 Å². The van der Waals surface area contributed by atoms with Gasteiger partial charge in [0.2, 0.25) is 5.91 Å². The average molecular weight is 1160 g/mol. The zero-order valence-electron chi connectivity index (χ0n) is 54.2. The molecule has 0 aromatic rings. The first-order valence-corrected chi connectivity index (χ1v) is 36.1. The Bertz CT molecular complexity index is 1570. The quantitative estimate of drug-likeness (QED) is 0.0212. The number of ether oxygens (including phenoxy) is 1. The number of quaternary nitrogens is 1.